The Morgan fingerprint density at radius 3 is 2.81 bits per heavy atom. The van der Waals surface area contributed by atoms with Gasteiger partial charge in [-0.15, -0.1) is 0 Å². The van der Waals surface area contributed by atoms with Gasteiger partial charge in [0.25, 0.3) is 5.91 Å². The standard InChI is InChI=1S/C25H27FN2O4/c1-17-5-10-22(23(12-17)30-2)31-16-24(29)28-11-3-4-19(15-28)25-27-14-21(32-25)13-18-6-8-20(26)9-7-18/h5-10,12,14,19H,3-4,11,13,15-16H2,1-2H3/t19-/m1/s1. The average molecular weight is 438 g/mol. The second-order valence-electron chi connectivity index (χ2n) is 8.09. The summed E-state index contributed by atoms with van der Waals surface area (Å²) < 4.78 is 30.1. The molecule has 2 heterocycles. The third-order valence-corrected chi connectivity index (χ3v) is 5.66. The van der Waals surface area contributed by atoms with Crippen LogP contribution in [0.1, 0.15) is 41.5 Å². The summed E-state index contributed by atoms with van der Waals surface area (Å²) in [5, 5.41) is 0. The van der Waals surface area contributed by atoms with E-state index in [0.29, 0.717) is 36.9 Å². The first-order valence-corrected chi connectivity index (χ1v) is 10.8. The minimum Gasteiger partial charge on any atom is -0.493 e. The number of rotatable bonds is 7. The highest BCUT2D eigenvalue weighted by Gasteiger charge is 2.28. The maximum absolute atomic E-state index is 13.1. The number of amides is 1. The normalized spacial score (nSPS) is 16.1. The molecule has 0 radical (unpaired) electrons. The van der Waals surface area contributed by atoms with Crippen molar-refractivity contribution in [3.8, 4) is 11.5 Å². The van der Waals surface area contributed by atoms with Crippen molar-refractivity contribution < 1.29 is 23.1 Å². The van der Waals surface area contributed by atoms with E-state index in [4.69, 9.17) is 13.9 Å². The fourth-order valence-electron chi connectivity index (χ4n) is 3.93. The number of oxazole rings is 1. The number of nitrogens with zero attached hydrogens (tertiary/aromatic N) is 2. The first-order valence-electron chi connectivity index (χ1n) is 10.8. The van der Waals surface area contributed by atoms with E-state index in [1.54, 1.807) is 30.3 Å². The number of aryl methyl sites for hydroxylation is 1. The summed E-state index contributed by atoms with van der Waals surface area (Å²) in [5.74, 6) is 2.24. The van der Waals surface area contributed by atoms with E-state index in [1.165, 1.54) is 12.1 Å². The molecule has 0 spiro atoms. The summed E-state index contributed by atoms with van der Waals surface area (Å²) >= 11 is 0. The summed E-state index contributed by atoms with van der Waals surface area (Å²) in [6.45, 7) is 3.16. The van der Waals surface area contributed by atoms with Crippen molar-refractivity contribution in [3.63, 3.8) is 0 Å². The van der Waals surface area contributed by atoms with Gasteiger partial charge in [-0.3, -0.25) is 4.79 Å². The Balaban J connectivity index is 1.34. The zero-order valence-corrected chi connectivity index (χ0v) is 18.3. The van der Waals surface area contributed by atoms with Gasteiger partial charge in [0.15, 0.2) is 24.0 Å². The van der Waals surface area contributed by atoms with Crippen molar-refractivity contribution in [2.45, 2.75) is 32.1 Å². The number of carbonyl (C=O) groups excluding carboxylic acids is 1. The Morgan fingerprint density at radius 1 is 1.22 bits per heavy atom. The van der Waals surface area contributed by atoms with Gasteiger partial charge >= 0.3 is 0 Å². The van der Waals surface area contributed by atoms with E-state index in [2.05, 4.69) is 4.98 Å². The molecule has 4 rings (SSSR count). The molecular formula is C25H27FN2O4. The van der Waals surface area contributed by atoms with E-state index >= 15 is 0 Å². The van der Waals surface area contributed by atoms with Crippen LogP contribution in [0.2, 0.25) is 0 Å². The highest BCUT2D eigenvalue weighted by molar-refractivity contribution is 5.78. The molecule has 1 atom stereocenters. The number of piperidine rings is 1. The van der Waals surface area contributed by atoms with E-state index in [-0.39, 0.29) is 24.2 Å². The topological polar surface area (TPSA) is 64.8 Å². The second-order valence-corrected chi connectivity index (χ2v) is 8.09. The Labute approximate surface area is 187 Å². The van der Waals surface area contributed by atoms with Crippen molar-refractivity contribution in [2.24, 2.45) is 0 Å². The van der Waals surface area contributed by atoms with Crippen LogP contribution in [0.25, 0.3) is 0 Å². The summed E-state index contributed by atoms with van der Waals surface area (Å²) in [5.41, 5.74) is 2.02. The number of benzene rings is 2. The lowest BCUT2D eigenvalue weighted by atomic mass is 9.98. The van der Waals surface area contributed by atoms with Crippen LogP contribution in [0.5, 0.6) is 11.5 Å². The molecule has 0 saturated carbocycles. The van der Waals surface area contributed by atoms with Gasteiger partial charge in [0.1, 0.15) is 11.6 Å². The third kappa shape index (κ3) is 5.28. The molecule has 0 aliphatic carbocycles. The maximum atomic E-state index is 13.1. The predicted molar refractivity (Wildman–Crippen MR) is 117 cm³/mol. The molecule has 6 nitrogen and oxygen atoms in total. The Kier molecular flexibility index (Phi) is 6.73. The number of likely N-dealkylation sites (tertiary alicyclic amines) is 1. The van der Waals surface area contributed by atoms with Crippen LogP contribution in [0.4, 0.5) is 4.39 Å². The van der Waals surface area contributed by atoms with Crippen molar-refractivity contribution >= 4 is 5.91 Å². The number of carbonyl (C=O) groups is 1. The smallest absolute Gasteiger partial charge is 0.260 e. The quantitative estimate of drug-likeness (QED) is 0.543. The van der Waals surface area contributed by atoms with Crippen molar-refractivity contribution in [3.05, 3.63) is 77.3 Å². The SMILES string of the molecule is COc1cc(C)ccc1OCC(=O)N1CCC[C@@H](c2ncc(Cc3ccc(F)cc3)o2)C1. The van der Waals surface area contributed by atoms with E-state index in [9.17, 15) is 9.18 Å². The largest absolute Gasteiger partial charge is 0.493 e. The molecule has 7 heteroatoms. The van der Waals surface area contributed by atoms with Crippen molar-refractivity contribution in [1.82, 2.24) is 9.88 Å². The fourth-order valence-corrected chi connectivity index (χ4v) is 3.93. The number of hydrogen-bond donors (Lipinski definition) is 0. The highest BCUT2D eigenvalue weighted by Crippen LogP contribution is 2.29. The van der Waals surface area contributed by atoms with Gasteiger partial charge in [0.2, 0.25) is 0 Å². The van der Waals surface area contributed by atoms with Gasteiger partial charge < -0.3 is 18.8 Å². The molecule has 0 N–H and O–H groups in total. The minimum atomic E-state index is -0.260. The molecule has 1 fully saturated rings. The van der Waals surface area contributed by atoms with Crippen molar-refractivity contribution in [2.75, 3.05) is 26.8 Å². The van der Waals surface area contributed by atoms with Gasteiger partial charge in [-0.25, -0.2) is 9.37 Å². The first kappa shape index (κ1) is 21.9. The van der Waals surface area contributed by atoms with E-state index < -0.39 is 0 Å². The molecule has 32 heavy (non-hydrogen) atoms. The Bertz CT molecular complexity index is 1060. The van der Waals surface area contributed by atoms with Gasteiger partial charge in [0, 0.05) is 19.5 Å². The van der Waals surface area contributed by atoms with E-state index in [0.717, 1.165) is 29.7 Å². The molecule has 2 aromatic carbocycles. The molecule has 1 aliphatic rings. The zero-order chi connectivity index (χ0) is 22.5. The highest BCUT2D eigenvalue weighted by atomic mass is 19.1. The molecule has 0 unspecified atom stereocenters. The van der Waals surface area contributed by atoms with Gasteiger partial charge in [-0.1, -0.05) is 18.2 Å². The third-order valence-electron chi connectivity index (χ3n) is 5.66. The molecule has 1 amide bonds. The van der Waals surface area contributed by atoms with Gasteiger partial charge in [-0.2, -0.15) is 0 Å². The van der Waals surface area contributed by atoms with Crippen LogP contribution in [0.15, 0.2) is 53.1 Å². The minimum absolute atomic E-state index is 0.0450. The van der Waals surface area contributed by atoms with Crippen LogP contribution < -0.4 is 9.47 Å². The van der Waals surface area contributed by atoms with Crippen LogP contribution in [-0.4, -0.2) is 42.6 Å². The summed E-state index contributed by atoms with van der Waals surface area (Å²) in [7, 11) is 1.58. The molecule has 3 aromatic rings. The van der Waals surface area contributed by atoms with Crippen LogP contribution in [0, 0.1) is 12.7 Å². The predicted octanol–water partition coefficient (Wildman–Crippen LogP) is 4.51. The van der Waals surface area contributed by atoms with Crippen LogP contribution >= 0.6 is 0 Å². The summed E-state index contributed by atoms with van der Waals surface area (Å²) in [6, 6.07) is 12.0. The monoisotopic (exact) mass is 438 g/mol. The average Bonchev–Trinajstić information content (AvgIpc) is 3.28. The molecule has 1 saturated heterocycles. The maximum Gasteiger partial charge on any atom is 0.260 e. The van der Waals surface area contributed by atoms with Crippen LogP contribution in [0.3, 0.4) is 0 Å². The number of hydrogen-bond acceptors (Lipinski definition) is 5. The Morgan fingerprint density at radius 2 is 2.03 bits per heavy atom. The Hall–Kier alpha value is -3.35. The molecule has 1 aliphatic heterocycles. The molecule has 1 aromatic heterocycles. The lowest BCUT2D eigenvalue weighted by Gasteiger charge is -2.31. The summed E-state index contributed by atoms with van der Waals surface area (Å²) in [4.78, 5) is 19.0. The van der Waals surface area contributed by atoms with Crippen LogP contribution in [-0.2, 0) is 11.2 Å². The van der Waals surface area contributed by atoms with Crippen molar-refractivity contribution in [1.29, 1.82) is 0 Å². The second kappa shape index (κ2) is 9.85. The van der Waals surface area contributed by atoms with Gasteiger partial charge in [-0.05, 0) is 55.2 Å². The zero-order valence-electron chi connectivity index (χ0n) is 18.3. The van der Waals surface area contributed by atoms with E-state index in [1.807, 2.05) is 25.1 Å². The fraction of sp³-hybridized carbons (Fsp3) is 0.360. The molecule has 168 valence electrons. The molecular weight excluding hydrogens is 411 g/mol. The number of ether oxygens (including phenoxy) is 2. The molecule has 0 bridgehead atoms. The lowest BCUT2D eigenvalue weighted by Crippen LogP contribution is -2.41. The van der Waals surface area contributed by atoms with Gasteiger partial charge in [0.05, 0.1) is 19.2 Å². The first-order chi connectivity index (χ1) is 15.5. The number of aromatic nitrogens is 1. The number of halogens is 1. The number of methoxy groups -OCH3 is 1. The summed E-state index contributed by atoms with van der Waals surface area (Å²) in [6.07, 6.45) is 4.05. The lowest BCUT2D eigenvalue weighted by molar-refractivity contribution is -0.134.